The second-order valence-corrected chi connectivity index (χ2v) is 7.75. The normalized spacial score (nSPS) is 19.0. The van der Waals surface area contributed by atoms with Gasteiger partial charge in [0.15, 0.2) is 0 Å². The molecule has 1 amide bonds. The lowest BCUT2D eigenvalue weighted by Gasteiger charge is -2.28. The number of carbonyl (C=O) groups excluding carboxylic acids is 3. The minimum atomic E-state index is -1.02. The molecule has 0 aliphatic carbocycles. The number of aromatic amines is 1. The lowest BCUT2D eigenvalue weighted by atomic mass is 9.89. The molecule has 4 rings (SSSR count). The number of hydrogen-bond donors (Lipinski definition) is 1. The second-order valence-electron chi connectivity index (χ2n) is 7.75. The summed E-state index contributed by atoms with van der Waals surface area (Å²) in [6, 6.07) is 12.9. The number of ether oxygens (including phenoxy) is 1. The molecule has 0 bridgehead atoms. The molecular formula is C24H24N2O4. The predicted molar refractivity (Wildman–Crippen MR) is 113 cm³/mol. The molecule has 1 aliphatic rings. The maximum Gasteiger partial charge on any atom is 0.291 e. The lowest BCUT2D eigenvalue weighted by Crippen LogP contribution is -2.32. The van der Waals surface area contributed by atoms with Crippen molar-refractivity contribution in [3.8, 4) is 5.75 Å². The number of aryl methyl sites for hydroxylation is 1. The summed E-state index contributed by atoms with van der Waals surface area (Å²) in [5.41, 5.74) is 3.76. The SMILES string of the molecule is COc1cc(C)ccc1C1C(C(C)=O)C(=O)C(=O)N1CCc1c[nH]c2ccccc12. The Balaban J connectivity index is 1.71. The highest BCUT2D eigenvalue weighted by molar-refractivity contribution is 6.42. The molecule has 2 unspecified atom stereocenters. The first-order valence-electron chi connectivity index (χ1n) is 9.97. The Bertz CT molecular complexity index is 1150. The Labute approximate surface area is 174 Å². The molecular weight excluding hydrogens is 380 g/mol. The van der Waals surface area contributed by atoms with E-state index in [0.29, 0.717) is 24.3 Å². The van der Waals surface area contributed by atoms with Crippen LogP contribution in [0.5, 0.6) is 5.75 Å². The Hall–Kier alpha value is -3.41. The van der Waals surface area contributed by atoms with Gasteiger partial charge in [0.25, 0.3) is 5.91 Å². The van der Waals surface area contributed by atoms with Crippen molar-refractivity contribution >= 4 is 28.4 Å². The number of aromatic nitrogens is 1. The fourth-order valence-corrected chi connectivity index (χ4v) is 4.36. The Kier molecular flexibility index (Phi) is 5.16. The number of likely N-dealkylation sites (tertiary alicyclic amines) is 1. The Morgan fingerprint density at radius 1 is 1.17 bits per heavy atom. The quantitative estimate of drug-likeness (QED) is 0.505. The van der Waals surface area contributed by atoms with Crippen molar-refractivity contribution in [2.75, 3.05) is 13.7 Å². The number of rotatable bonds is 6. The van der Waals surface area contributed by atoms with E-state index in [1.54, 1.807) is 7.11 Å². The summed E-state index contributed by atoms with van der Waals surface area (Å²) in [5.74, 6) is -2.00. The van der Waals surface area contributed by atoms with E-state index in [2.05, 4.69) is 4.98 Å². The second kappa shape index (κ2) is 7.78. The minimum Gasteiger partial charge on any atom is -0.496 e. The summed E-state index contributed by atoms with van der Waals surface area (Å²) in [5, 5.41) is 1.09. The molecule has 1 fully saturated rings. The van der Waals surface area contributed by atoms with Crippen molar-refractivity contribution in [3.63, 3.8) is 0 Å². The van der Waals surface area contributed by atoms with Crippen LogP contribution in [-0.2, 0) is 20.8 Å². The number of Topliss-reactive ketones (excluding diaryl/α,β-unsaturated/α-hetero) is 2. The van der Waals surface area contributed by atoms with Gasteiger partial charge in [0.1, 0.15) is 17.5 Å². The zero-order valence-corrected chi connectivity index (χ0v) is 17.3. The number of H-pyrrole nitrogens is 1. The van der Waals surface area contributed by atoms with Crippen molar-refractivity contribution in [1.82, 2.24) is 9.88 Å². The summed E-state index contributed by atoms with van der Waals surface area (Å²) < 4.78 is 5.53. The van der Waals surface area contributed by atoms with Crippen molar-refractivity contribution < 1.29 is 19.1 Å². The first-order valence-corrected chi connectivity index (χ1v) is 9.97. The van der Waals surface area contributed by atoms with E-state index in [9.17, 15) is 14.4 Å². The zero-order valence-electron chi connectivity index (χ0n) is 17.3. The molecule has 0 radical (unpaired) electrons. The number of para-hydroxylation sites is 1. The van der Waals surface area contributed by atoms with Gasteiger partial charge >= 0.3 is 0 Å². The van der Waals surface area contributed by atoms with Crippen LogP contribution in [0.25, 0.3) is 10.9 Å². The van der Waals surface area contributed by atoms with E-state index in [4.69, 9.17) is 4.74 Å². The predicted octanol–water partition coefficient (Wildman–Crippen LogP) is 3.39. The highest BCUT2D eigenvalue weighted by Crippen LogP contribution is 2.41. The topological polar surface area (TPSA) is 79.5 Å². The van der Waals surface area contributed by atoms with Gasteiger partial charge in [-0.2, -0.15) is 0 Å². The molecule has 2 heterocycles. The molecule has 0 saturated carbocycles. The molecule has 2 aromatic carbocycles. The number of methoxy groups -OCH3 is 1. The van der Waals surface area contributed by atoms with E-state index < -0.39 is 23.7 Å². The van der Waals surface area contributed by atoms with Gasteiger partial charge in [-0.15, -0.1) is 0 Å². The molecule has 154 valence electrons. The first-order chi connectivity index (χ1) is 14.4. The van der Waals surface area contributed by atoms with E-state index in [1.807, 2.05) is 55.6 Å². The van der Waals surface area contributed by atoms with Gasteiger partial charge in [-0.25, -0.2) is 0 Å². The third-order valence-corrected chi connectivity index (χ3v) is 5.85. The average Bonchev–Trinajstić information content (AvgIpc) is 3.25. The third kappa shape index (κ3) is 3.28. The van der Waals surface area contributed by atoms with E-state index in [1.165, 1.54) is 11.8 Å². The van der Waals surface area contributed by atoms with Crippen molar-refractivity contribution in [2.24, 2.45) is 5.92 Å². The van der Waals surface area contributed by atoms with Crippen molar-refractivity contribution in [3.05, 3.63) is 65.4 Å². The summed E-state index contributed by atoms with van der Waals surface area (Å²) in [6.45, 7) is 3.64. The number of fused-ring (bicyclic) bond motifs is 1. The molecule has 6 heteroatoms. The fraction of sp³-hybridized carbons (Fsp3) is 0.292. The van der Waals surface area contributed by atoms with Crippen LogP contribution in [-0.4, -0.2) is 41.0 Å². The third-order valence-electron chi connectivity index (χ3n) is 5.85. The fourth-order valence-electron chi connectivity index (χ4n) is 4.36. The maximum absolute atomic E-state index is 12.9. The average molecular weight is 404 g/mol. The Morgan fingerprint density at radius 3 is 2.67 bits per heavy atom. The number of nitrogens with zero attached hydrogens (tertiary/aromatic N) is 1. The van der Waals surface area contributed by atoms with Gasteiger partial charge in [0.2, 0.25) is 5.78 Å². The first kappa shape index (κ1) is 19.9. The van der Waals surface area contributed by atoms with Gasteiger partial charge in [-0.3, -0.25) is 14.4 Å². The van der Waals surface area contributed by atoms with Gasteiger partial charge < -0.3 is 14.6 Å². The molecule has 1 saturated heterocycles. The minimum absolute atomic E-state index is 0.310. The monoisotopic (exact) mass is 404 g/mol. The Morgan fingerprint density at radius 2 is 1.93 bits per heavy atom. The number of hydrogen-bond acceptors (Lipinski definition) is 4. The lowest BCUT2D eigenvalue weighted by molar-refractivity contribution is -0.142. The van der Waals surface area contributed by atoms with Crippen LogP contribution in [0.2, 0.25) is 0 Å². The number of benzene rings is 2. The highest BCUT2D eigenvalue weighted by atomic mass is 16.5. The molecule has 1 aromatic heterocycles. The van der Waals surface area contributed by atoms with E-state index >= 15 is 0 Å². The standard InChI is InChI=1S/C24H24N2O4/c1-14-8-9-18(20(12-14)30-3)22-21(15(2)27)23(28)24(29)26(22)11-10-16-13-25-19-7-5-4-6-17(16)19/h4-9,12-13,21-22,25H,10-11H2,1-3H3. The summed E-state index contributed by atoms with van der Waals surface area (Å²) >= 11 is 0. The summed E-state index contributed by atoms with van der Waals surface area (Å²) in [4.78, 5) is 42.7. The van der Waals surface area contributed by atoms with Crippen molar-refractivity contribution in [1.29, 1.82) is 0 Å². The van der Waals surface area contributed by atoms with Crippen LogP contribution < -0.4 is 4.74 Å². The molecule has 30 heavy (non-hydrogen) atoms. The molecule has 3 aromatic rings. The van der Waals surface area contributed by atoms with Crippen molar-refractivity contribution in [2.45, 2.75) is 26.3 Å². The molecule has 2 atom stereocenters. The van der Waals surface area contributed by atoms with Gasteiger partial charge in [0, 0.05) is 29.2 Å². The summed E-state index contributed by atoms with van der Waals surface area (Å²) in [6.07, 6.45) is 2.50. The smallest absolute Gasteiger partial charge is 0.291 e. The van der Waals surface area contributed by atoms with Gasteiger partial charge in [-0.1, -0.05) is 30.3 Å². The van der Waals surface area contributed by atoms with Crippen LogP contribution in [0.4, 0.5) is 0 Å². The molecule has 1 aliphatic heterocycles. The van der Waals surface area contributed by atoms with Crippen LogP contribution in [0.15, 0.2) is 48.7 Å². The largest absolute Gasteiger partial charge is 0.496 e. The van der Waals surface area contributed by atoms with E-state index in [0.717, 1.165) is 22.0 Å². The maximum atomic E-state index is 12.9. The van der Waals surface area contributed by atoms with Crippen LogP contribution >= 0.6 is 0 Å². The van der Waals surface area contributed by atoms with Crippen LogP contribution in [0, 0.1) is 12.8 Å². The van der Waals surface area contributed by atoms with Gasteiger partial charge in [-0.05, 0) is 43.5 Å². The number of ketones is 2. The number of carbonyl (C=O) groups is 3. The zero-order chi connectivity index (χ0) is 21.4. The van der Waals surface area contributed by atoms with Gasteiger partial charge in [0.05, 0.1) is 13.2 Å². The highest BCUT2D eigenvalue weighted by Gasteiger charge is 2.50. The van der Waals surface area contributed by atoms with E-state index in [-0.39, 0.29) is 5.78 Å². The molecule has 1 N–H and O–H groups in total. The van der Waals surface area contributed by atoms with Crippen LogP contribution in [0.3, 0.4) is 0 Å². The van der Waals surface area contributed by atoms with Crippen LogP contribution in [0.1, 0.15) is 29.7 Å². The molecule has 6 nitrogen and oxygen atoms in total. The number of amides is 1. The number of nitrogens with one attached hydrogen (secondary N) is 1. The molecule has 0 spiro atoms. The summed E-state index contributed by atoms with van der Waals surface area (Å²) in [7, 11) is 1.55.